The molecule has 3 aromatic carbocycles. The minimum Gasteiger partial charge on any atom is -0.378 e. The molecule has 11 heteroatoms. The number of carbonyl (C=O) groups is 1. The number of nitrogens with zero attached hydrogens (tertiary/aromatic N) is 3. The number of hydrogen-bond acceptors (Lipinski definition) is 10. The number of carbonyl (C=O) groups excluding carboxylic acids is 1. The van der Waals surface area contributed by atoms with Crippen molar-refractivity contribution >= 4 is 29.4 Å². The zero-order valence-corrected chi connectivity index (χ0v) is 22.9. The van der Waals surface area contributed by atoms with Crippen LogP contribution >= 0.6 is 0 Å². The molecule has 0 unspecified atom stereocenters. The molecule has 0 atom stereocenters. The third kappa shape index (κ3) is 10.5. The molecule has 0 fully saturated rings. The van der Waals surface area contributed by atoms with Gasteiger partial charge in [-0.1, -0.05) is 66.7 Å². The summed E-state index contributed by atoms with van der Waals surface area (Å²) >= 11 is 0. The lowest BCUT2D eigenvalue weighted by Crippen LogP contribution is -2.27. The van der Waals surface area contributed by atoms with E-state index in [4.69, 9.17) is 15.2 Å². The molecule has 0 aliphatic carbocycles. The zero-order valence-electron chi connectivity index (χ0n) is 22.9. The first kappa shape index (κ1) is 29.4. The van der Waals surface area contributed by atoms with Crippen molar-refractivity contribution in [3.05, 3.63) is 102 Å². The van der Waals surface area contributed by atoms with Gasteiger partial charge < -0.3 is 36.5 Å². The summed E-state index contributed by atoms with van der Waals surface area (Å²) in [4.78, 5) is 26.3. The monoisotopic (exact) mass is 556 g/mol. The molecular weight excluding hydrogens is 520 g/mol. The van der Waals surface area contributed by atoms with Crippen molar-refractivity contribution in [3.8, 4) is 0 Å². The van der Waals surface area contributed by atoms with Gasteiger partial charge in [0.05, 0.1) is 26.4 Å². The number of hydrogen-bond donors (Lipinski definition) is 5. The van der Waals surface area contributed by atoms with Crippen LogP contribution in [0.25, 0.3) is 0 Å². The first-order valence-electron chi connectivity index (χ1n) is 13.5. The number of ether oxygens (including phenoxy) is 2. The van der Waals surface area contributed by atoms with E-state index in [1.54, 1.807) is 18.2 Å². The lowest BCUT2D eigenvalue weighted by Gasteiger charge is -2.12. The van der Waals surface area contributed by atoms with Crippen molar-refractivity contribution in [2.24, 2.45) is 5.73 Å². The number of rotatable bonds is 17. The van der Waals surface area contributed by atoms with Gasteiger partial charge >= 0.3 is 0 Å². The van der Waals surface area contributed by atoms with Crippen molar-refractivity contribution in [2.45, 2.75) is 13.1 Å². The van der Waals surface area contributed by atoms with E-state index in [0.29, 0.717) is 81.7 Å². The number of nitrogens with one attached hydrogen (secondary N) is 4. The van der Waals surface area contributed by atoms with Crippen molar-refractivity contribution < 1.29 is 14.3 Å². The Bertz CT molecular complexity index is 1280. The van der Waals surface area contributed by atoms with Crippen LogP contribution in [0.3, 0.4) is 0 Å². The molecule has 0 bridgehead atoms. The van der Waals surface area contributed by atoms with E-state index < -0.39 is 0 Å². The SMILES string of the molecule is NCCOCCOCCNC(=O)c1cccc(Nc2nc(NCc3ccccc3)nc(NCc3ccccc3)n2)c1. The molecule has 0 aliphatic heterocycles. The molecular formula is C30H36N8O3. The van der Waals surface area contributed by atoms with Crippen LogP contribution in [0.4, 0.5) is 23.5 Å². The molecule has 0 spiro atoms. The Morgan fingerprint density at radius 2 is 1.27 bits per heavy atom. The van der Waals surface area contributed by atoms with E-state index >= 15 is 0 Å². The second kappa shape index (κ2) is 16.5. The Labute approximate surface area is 239 Å². The fourth-order valence-corrected chi connectivity index (χ4v) is 3.76. The van der Waals surface area contributed by atoms with Crippen LogP contribution in [0, 0.1) is 0 Å². The molecule has 0 aliphatic rings. The molecule has 41 heavy (non-hydrogen) atoms. The zero-order chi connectivity index (χ0) is 28.5. The molecule has 0 radical (unpaired) electrons. The molecule has 4 aromatic rings. The van der Waals surface area contributed by atoms with Crippen molar-refractivity contribution in [2.75, 3.05) is 55.5 Å². The minimum atomic E-state index is -0.206. The predicted molar refractivity (Wildman–Crippen MR) is 160 cm³/mol. The van der Waals surface area contributed by atoms with E-state index in [1.165, 1.54) is 0 Å². The summed E-state index contributed by atoms with van der Waals surface area (Å²) in [7, 11) is 0. The maximum absolute atomic E-state index is 12.7. The fraction of sp³-hybridized carbons (Fsp3) is 0.267. The Balaban J connectivity index is 1.38. The molecule has 4 rings (SSSR count). The van der Waals surface area contributed by atoms with Crippen molar-refractivity contribution in [3.63, 3.8) is 0 Å². The van der Waals surface area contributed by atoms with Crippen LogP contribution < -0.4 is 27.0 Å². The summed E-state index contributed by atoms with van der Waals surface area (Å²) in [5.41, 5.74) is 8.75. The highest BCUT2D eigenvalue weighted by atomic mass is 16.5. The molecule has 6 N–H and O–H groups in total. The molecule has 1 amide bonds. The van der Waals surface area contributed by atoms with Gasteiger partial charge in [0.25, 0.3) is 5.91 Å². The van der Waals surface area contributed by atoms with Gasteiger partial charge in [-0.3, -0.25) is 4.79 Å². The first-order valence-corrected chi connectivity index (χ1v) is 13.5. The molecule has 11 nitrogen and oxygen atoms in total. The summed E-state index contributed by atoms with van der Waals surface area (Å²) in [6, 6.07) is 27.2. The first-order chi connectivity index (χ1) is 20.2. The minimum absolute atomic E-state index is 0.206. The number of amides is 1. The standard InChI is InChI=1S/C30H36N8O3/c31-14-16-40-18-19-41-17-15-32-27(39)25-12-7-13-26(20-25)35-30-37-28(33-21-23-8-3-1-4-9-23)36-29(38-30)34-22-24-10-5-2-6-11-24/h1-13,20H,14-19,21-22,31H2,(H,32,39)(H3,33,34,35,36,37,38). The van der Waals surface area contributed by atoms with Crippen LogP contribution in [0.15, 0.2) is 84.9 Å². The predicted octanol–water partition coefficient (Wildman–Crippen LogP) is 3.56. The molecule has 0 saturated carbocycles. The van der Waals surface area contributed by atoms with Gasteiger partial charge in [0.15, 0.2) is 0 Å². The van der Waals surface area contributed by atoms with Gasteiger partial charge in [-0.2, -0.15) is 15.0 Å². The largest absolute Gasteiger partial charge is 0.378 e. The van der Waals surface area contributed by atoms with Crippen LogP contribution in [-0.4, -0.2) is 60.4 Å². The summed E-state index contributed by atoms with van der Waals surface area (Å²) in [6.07, 6.45) is 0. The lowest BCUT2D eigenvalue weighted by molar-refractivity contribution is 0.0511. The van der Waals surface area contributed by atoms with Crippen LogP contribution in [-0.2, 0) is 22.6 Å². The molecule has 1 aromatic heterocycles. The maximum Gasteiger partial charge on any atom is 0.251 e. The van der Waals surface area contributed by atoms with Crippen LogP contribution in [0.2, 0.25) is 0 Å². The quantitative estimate of drug-likeness (QED) is 0.122. The van der Waals surface area contributed by atoms with Crippen LogP contribution in [0.1, 0.15) is 21.5 Å². The number of nitrogens with two attached hydrogens (primary N) is 1. The van der Waals surface area contributed by atoms with E-state index in [2.05, 4.69) is 36.2 Å². The summed E-state index contributed by atoms with van der Waals surface area (Å²) in [6.45, 7) is 3.80. The third-order valence-corrected chi connectivity index (χ3v) is 5.77. The smallest absolute Gasteiger partial charge is 0.251 e. The third-order valence-electron chi connectivity index (χ3n) is 5.77. The Kier molecular flexibility index (Phi) is 11.8. The summed E-state index contributed by atoms with van der Waals surface area (Å²) in [5.74, 6) is 0.977. The van der Waals surface area contributed by atoms with E-state index in [1.807, 2.05) is 66.7 Å². The van der Waals surface area contributed by atoms with Crippen molar-refractivity contribution in [1.29, 1.82) is 0 Å². The average Bonchev–Trinajstić information content (AvgIpc) is 3.01. The second-order valence-corrected chi connectivity index (χ2v) is 8.96. The van der Waals surface area contributed by atoms with Gasteiger partial charge in [-0.05, 0) is 29.3 Å². The van der Waals surface area contributed by atoms with Gasteiger partial charge in [-0.15, -0.1) is 0 Å². The normalized spacial score (nSPS) is 10.7. The van der Waals surface area contributed by atoms with Crippen LogP contribution in [0.5, 0.6) is 0 Å². The van der Waals surface area contributed by atoms with E-state index in [9.17, 15) is 4.79 Å². The average molecular weight is 557 g/mol. The summed E-state index contributed by atoms with van der Waals surface area (Å²) < 4.78 is 10.7. The second-order valence-electron chi connectivity index (χ2n) is 8.96. The van der Waals surface area contributed by atoms with Crippen molar-refractivity contribution in [1.82, 2.24) is 20.3 Å². The molecule has 0 saturated heterocycles. The van der Waals surface area contributed by atoms with Gasteiger partial charge in [0, 0.05) is 37.4 Å². The Hall–Kier alpha value is -4.58. The summed E-state index contributed by atoms with van der Waals surface area (Å²) in [5, 5.41) is 12.6. The van der Waals surface area contributed by atoms with E-state index in [0.717, 1.165) is 11.1 Å². The highest BCUT2D eigenvalue weighted by molar-refractivity contribution is 5.95. The Morgan fingerprint density at radius 3 is 1.88 bits per heavy atom. The number of aromatic nitrogens is 3. The van der Waals surface area contributed by atoms with E-state index in [-0.39, 0.29) is 5.91 Å². The van der Waals surface area contributed by atoms with Gasteiger partial charge in [0.1, 0.15) is 0 Å². The van der Waals surface area contributed by atoms with Gasteiger partial charge in [-0.25, -0.2) is 0 Å². The maximum atomic E-state index is 12.7. The molecule has 1 heterocycles. The number of anilines is 4. The fourth-order valence-electron chi connectivity index (χ4n) is 3.76. The highest BCUT2D eigenvalue weighted by Crippen LogP contribution is 2.18. The van der Waals surface area contributed by atoms with Gasteiger partial charge in [0.2, 0.25) is 17.8 Å². The Morgan fingerprint density at radius 1 is 0.683 bits per heavy atom. The molecule has 214 valence electrons. The lowest BCUT2D eigenvalue weighted by atomic mass is 10.2. The topological polar surface area (TPSA) is 148 Å². The number of benzene rings is 3. The highest BCUT2D eigenvalue weighted by Gasteiger charge is 2.10.